The number of hydrogen-bond donors (Lipinski definition) is 3. The molecule has 0 aliphatic heterocycles. The van der Waals surface area contributed by atoms with Gasteiger partial charge < -0.3 is 17.2 Å². The highest BCUT2D eigenvalue weighted by atomic mass is 16.1. The molecule has 2 unspecified atom stereocenters. The molecule has 2 aromatic rings. The van der Waals surface area contributed by atoms with Crippen LogP contribution in [0, 0.1) is 11.8 Å². The van der Waals surface area contributed by atoms with E-state index in [4.69, 9.17) is 17.2 Å². The first-order valence-corrected chi connectivity index (χ1v) is 8.17. The van der Waals surface area contributed by atoms with Crippen molar-refractivity contribution in [1.29, 1.82) is 0 Å². The summed E-state index contributed by atoms with van der Waals surface area (Å²) in [6, 6.07) is 14.1. The first kappa shape index (κ1) is 17.6. The van der Waals surface area contributed by atoms with E-state index in [9.17, 15) is 4.79 Å². The molecule has 0 amide bonds. The maximum atomic E-state index is 10.0. The van der Waals surface area contributed by atoms with Gasteiger partial charge in [-0.2, -0.15) is 0 Å². The molecule has 0 spiro atoms. The highest BCUT2D eigenvalue weighted by molar-refractivity contribution is 5.74. The predicted octanol–water partition coefficient (Wildman–Crippen LogP) is 3.90. The first-order chi connectivity index (χ1) is 11.6. The van der Waals surface area contributed by atoms with Gasteiger partial charge in [0.2, 0.25) is 0 Å². The maximum Gasteiger partial charge on any atom is 0.150 e. The summed E-state index contributed by atoms with van der Waals surface area (Å²) in [5.74, 6) is 1.98. The number of allylic oxidation sites excluding steroid dienone is 2. The summed E-state index contributed by atoms with van der Waals surface area (Å²) in [5.41, 5.74) is 18.7. The number of anilines is 3. The van der Waals surface area contributed by atoms with Crippen LogP contribution in [0.4, 0.5) is 17.1 Å². The number of nitrogens with two attached hydrogens (primary N) is 3. The third-order valence-corrected chi connectivity index (χ3v) is 4.10. The molecule has 2 aliphatic carbocycles. The molecule has 0 radical (unpaired) electrons. The average Bonchev–Trinajstić information content (AvgIpc) is 3.21. The molecule has 4 rings (SSSR count). The van der Waals surface area contributed by atoms with Gasteiger partial charge in [0.1, 0.15) is 6.29 Å². The minimum Gasteiger partial charge on any atom is -0.399 e. The van der Waals surface area contributed by atoms with Gasteiger partial charge in [0, 0.05) is 22.6 Å². The summed E-state index contributed by atoms with van der Waals surface area (Å²) in [4.78, 5) is 10.0. The zero-order valence-electron chi connectivity index (χ0n) is 13.8. The third-order valence-electron chi connectivity index (χ3n) is 4.10. The summed E-state index contributed by atoms with van der Waals surface area (Å²) in [7, 11) is 0. The van der Waals surface area contributed by atoms with E-state index in [1.165, 1.54) is 19.3 Å². The zero-order valence-corrected chi connectivity index (χ0v) is 13.8. The van der Waals surface area contributed by atoms with Gasteiger partial charge in [0.15, 0.2) is 0 Å². The lowest BCUT2D eigenvalue weighted by Gasteiger charge is -1.97. The van der Waals surface area contributed by atoms with Crippen molar-refractivity contribution in [3.05, 3.63) is 66.2 Å². The van der Waals surface area contributed by atoms with Crippen LogP contribution < -0.4 is 17.2 Å². The Morgan fingerprint density at radius 2 is 1.25 bits per heavy atom. The van der Waals surface area contributed by atoms with E-state index in [-0.39, 0.29) is 0 Å². The molecule has 1 saturated carbocycles. The maximum absolute atomic E-state index is 10.0. The molecular formula is C20H25N3O. The molecule has 1 fully saturated rings. The number of carbonyl (C=O) groups excluding carboxylic acids is 1. The number of rotatable bonds is 1. The standard InChI is InChI=1S/C7H6O.C7H10.C6H9N3/c8-6-7-4-2-1-3-5-7;1-2-7-4-3-6(1)5-7;7-4-1-5(8)3-6(9)2-4/h1-6H;1-2,6-7H,3-5H2;1-3H,7-9H2. The topological polar surface area (TPSA) is 95.1 Å². The predicted molar refractivity (Wildman–Crippen MR) is 101 cm³/mol. The number of benzene rings is 2. The number of nitrogen functional groups attached to an aromatic ring is 3. The smallest absolute Gasteiger partial charge is 0.150 e. The third kappa shape index (κ3) is 5.80. The van der Waals surface area contributed by atoms with Gasteiger partial charge in [-0.05, 0) is 49.3 Å². The Morgan fingerprint density at radius 3 is 1.50 bits per heavy atom. The van der Waals surface area contributed by atoms with Crippen molar-refractivity contribution in [3.8, 4) is 0 Å². The van der Waals surface area contributed by atoms with Crippen molar-refractivity contribution >= 4 is 23.3 Å². The number of carbonyl (C=O) groups is 1. The van der Waals surface area contributed by atoms with E-state index in [1.807, 2.05) is 18.2 Å². The Kier molecular flexibility index (Phi) is 6.43. The minimum atomic E-state index is 0.604. The van der Waals surface area contributed by atoms with Crippen LogP contribution in [0.25, 0.3) is 0 Å². The van der Waals surface area contributed by atoms with Crippen molar-refractivity contribution in [2.45, 2.75) is 19.3 Å². The molecule has 24 heavy (non-hydrogen) atoms. The van der Waals surface area contributed by atoms with Crippen LogP contribution in [0.2, 0.25) is 0 Å². The van der Waals surface area contributed by atoms with Gasteiger partial charge in [-0.1, -0.05) is 42.5 Å². The Bertz CT molecular complexity index is 620. The van der Waals surface area contributed by atoms with Gasteiger partial charge in [-0.3, -0.25) is 4.79 Å². The fourth-order valence-corrected chi connectivity index (χ4v) is 2.95. The molecule has 2 bridgehead atoms. The molecule has 2 atom stereocenters. The van der Waals surface area contributed by atoms with Crippen molar-refractivity contribution in [2.24, 2.45) is 11.8 Å². The summed E-state index contributed by atoms with van der Waals surface area (Å²) >= 11 is 0. The van der Waals surface area contributed by atoms with Crippen LogP contribution in [0.15, 0.2) is 60.7 Å². The fraction of sp³-hybridized carbons (Fsp3) is 0.250. The van der Waals surface area contributed by atoms with Gasteiger partial charge in [-0.25, -0.2) is 0 Å². The van der Waals surface area contributed by atoms with Crippen molar-refractivity contribution < 1.29 is 4.79 Å². The zero-order chi connectivity index (χ0) is 17.4. The van der Waals surface area contributed by atoms with Gasteiger partial charge >= 0.3 is 0 Å². The van der Waals surface area contributed by atoms with Crippen LogP contribution in [0.3, 0.4) is 0 Å². The average molecular weight is 323 g/mol. The minimum absolute atomic E-state index is 0.604. The monoisotopic (exact) mass is 323 g/mol. The van der Waals surface area contributed by atoms with Gasteiger partial charge in [0.25, 0.3) is 0 Å². The second-order valence-electron chi connectivity index (χ2n) is 6.18. The van der Waals surface area contributed by atoms with Crippen molar-refractivity contribution in [3.63, 3.8) is 0 Å². The van der Waals surface area contributed by atoms with Gasteiger partial charge in [0.05, 0.1) is 0 Å². The Balaban J connectivity index is 0.000000131. The molecule has 0 aromatic heterocycles. The number of hydrogen-bond acceptors (Lipinski definition) is 4. The molecule has 4 nitrogen and oxygen atoms in total. The van der Waals surface area contributed by atoms with E-state index in [0.29, 0.717) is 17.1 Å². The first-order valence-electron chi connectivity index (χ1n) is 8.17. The molecule has 6 N–H and O–H groups in total. The van der Waals surface area contributed by atoms with Crippen molar-refractivity contribution in [2.75, 3.05) is 17.2 Å². The lowest BCUT2D eigenvalue weighted by atomic mass is 10.1. The highest BCUT2D eigenvalue weighted by Gasteiger charge is 2.25. The Labute approximate surface area is 143 Å². The van der Waals surface area contributed by atoms with E-state index in [0.717, 1.165) is 23.7 Å². The second kappa shape index (κ2) is 8.77. The van der Waals surface area contributed by atoms with E-state index in [1.54, 1.807) is 30.3 Å². The molecule has 126 valence electrons. The summed E-state index contributed by atoms with van der Waals surface area (Å²) in [5, 5.41) is 0. The summed E-state index contributed by atoms with van der Waals surface area (Å²) < 4.78 is 0. The second-order valence-corrected chi connectivity index (χ2v) is 6.18. The van der Waals surface area contributed by atoms with E-state index >= 15 is 0 Å². The highest BCUT2D eigenvalue weighted by Crippen LogP contribution is 2.38. The van der Waals surface area contributed by atoms with Crippen LogP contribution >= 0.6 is 0 Å². The molecule has 0 saturated heterocycles. The molecule has 4 heteroatoms. The fourth-order valence-electron chi connectivity index (χ4n) is 2.95. The Hall–Kier alpha value is -2.75. The van der Waals surface area contributed by atoms with E-state index < -0.39 is 0 Å². The van der Waals surface area contributed by atoms with Gasteiger partial charge in [-0.15, -0.1) is 0 Å². The van der Waals surface area contributed by atoms with E-state index in [2.05, 4.69) is 12.2 Å². The lowest BCUT2D eigenvalue weighted by molar-refractivity contribution is 0.112. The summed E-state index contributed by atoms with van der Waals surface area (Å²) in [6.45, 7) is 0. The van der Waals surface area contributed by atoms with Crippen molar-refractivity contribution in [1.82, 2.24) is 0 Å². The van der Waals surface area contributed by atoms with Crippen LogP contribution in [-0.4, -0.2) is 6.29 Å². The molecule has 2 aromatic carbocycles. The summed E-state index contributed by atoms with van der Waals surface area (Å²) in [6.07, 6.45) is 10.0. The largest absolute Gasteiger partial charge is 0.399 e. The Morgan fingerprint density at radius 1 is 0.792 bits per heavy atom. The molecule has 0 heterocycles. The SMILES string of the molecule is C1=CC2CCC1C2.Nc1cc(N)cc(N)c1.O=Cc1ccccc1. The molecular weight excluding hydrogens is 298 g/mol. The quantitative estimate of drug-likeness (QED) is 0.421. The van der Waals surface area contributed by atoms with Crippen LogP contribution in [0.5, 0.6) is 0 Å². The number of fused-ring (bicyclic) bond motifs is 2. The molecule has 2 aliphatic rings. The van der Waals surface area contributed by atoms with Crippen LogP contribution in [-0.2, 0) is 0 Å². The lowest BCUT2D eigenvalue weighted by Crippen LogP contribution is -1.93. The normalized spacial score (nSPS) is 19.7. The number of aldehydes is 1. The van der Waals surface area contributed by atoms with Crippen LogP contribution in [0.1, 0.15) is 29.6 Å².